The number of halogens is 1. The molecule has 0 amide bonds. The van der Waals surface area contributed by atoms with Crippen molar-refractivity contribution in [2.75, 3.05) is 32.9 Å². The fraction of sp³-hybridized carbons (Fsp3) is 0.857. The van der Waals surface area contributed by atoms with E-state index in [1.165, 1.54) is 70.2 Å². The molecule has 1 aromatic rings. The first-order chi connectivity index (χ1) is 13.7. The molecule has 8 heteroatoms. The second-order valence-electron chi connectivity index (χ2n) is 8.87. The molecule has 2 saturated carbocycles. The Labute approximate surface area is 197 Å². The minimum Gasteiger partial charge on any atom is -0.356 e. The van der Waals surface area contributed by atoms with Gasteiger partial charge in [-0.3, -0.25) is 4.99 Å². The topological polar surface area (TPSA) is 58.3 Å². The molecule has 29 heavy (non-hydrogen) atoms. The minimum atomic E-state index is 0. The van der Waals surface area contributed by atoms with Gasteiger partial charge in [-0.15, -0.1) is 34.2 Å². The van der Waals surface area contributed by atoms with Crippen molar-refractivity contribution in [3.8, 4) is 0 Å². The van der Waals surface area contributed by atoms with Gasteiger partial charge in [0.2, 0.25) is 0 Å². The van der Waals surface area contributed by atoms with E-state index in [2.05, 4.69) is 36.2 Å². The Balaban J connectivity index is 0.00000240. The summed E-state index contributed by atoms with van der Waals surface area (Å²) in [5, 5.41) is 13.7. The SMILES string of the molecule is CN=C(NCCCc1nnc(SC)n1C1CCCC1)N1CCC2(CCCC2)C1.I. The zero-order valence-electron chi connectivity index (χ0n) is 18.0. The van der Waals surface area contributed by atoms with E-state index in [1.54, 1.807) is 11.8 Å². The Morgan fingerprint density at radius 2 is 1.93 bits per heavy atom. The molecule has 4 rings (SSSR count). The summed E-state index contributed by atoms with van der Waals surface area (Å²) in [7, 11) is 1.92. The number of aromatic nitrogens is 3. The average Bonchev–Trinajstić information content (AvgIpc) is 3.50. The number of hydrogen-bond acceptors (Lipinski definition) is 4. The summed E-state index contributed by atoms with van der Waals surface area (Å²) < 4.78 is 2.43. The molecule has 164 valence electrons. The number of hydrogen-bond donors (Lipinski definition) is 1. The molecular weight excluding hydrogens is 495 g/mol. The van der Waals surface area contributed by atoms with Crippen LogP contribution in [0.25, 0.3) is 0 Å². The molecule has 1 spiro atoms. The fourth-order valence-electron chi connectivity index (χ4n) is 5.57. The van der Waals surface area contributed by atoms with Gasteiger partial charge in [-0.1, -0.05) is 37.4 Å². The van der Waals surface area contributed by atoms with Gasteiger partial charge in [0.05, 0.1) is 0 Å². The van der Waals surface area contributed by atoms with Crippen LogP contribution in [-0.2, 0) is 6.42 Å². The minimum absolute atomic E-state index is 0. The Hall–Kier alpha value is -0.510. The second-order valence-corrected chi connectivity index (χ2v) is 9.64. The Bertz CT molecular complexity index is 679. The van der Waals surface area contributed by atoms with Gasteiger partial charge < -0.3 is 14.8 Å². The van der Waals surface area contributed by atoms with Crippen LogP contribution in [0.5, 0.6) is 0 Å². The summed E-state index contributed by atoms with van der Waals surface area (Å²) in [6.45, 7) is 3.30. The average molecular weight is 533 g/mol. The third kappa shape index (κ3) is 5.22. The van der Waals surface area contributed by atoms with Crippen LogP contribution >= 0.6 is 35.7 Å². The van der Waals surface area contributed by atoms with E-state index in [9.17, 15) is 0 Å². The van der Waals surface area contributed by atoms with Crippen molar-refractivity contribution >= 4 is 41.7 Å². The number of thioether (sulfide) groups is 1. The number of guanidine groups is 1. The van der Waals surface area contributed by atoms with Crippen molar-refractivity contribution in [1.29, 1.82) is 0 Å². The van der Waals surface area contributed by atoms with Gasteiger partial charge in [0.15, 0.2) is 11.1 Å². The Morgan fingerprint density at radius 3 is 2.62 bits per heavy atom. The van der Waals surface area contributed by atoms with Crippen LogP contribution in [-0.4, -0.2) is 58.6 Å². The lowest BCUT2D eigenvalue weighted by Gasteiger charge is -2.26. The summed E-state index contributed by atoms with van der Waals surface area (Å²) in [5.41, 5.74) is 0.587. The number of rotatable bonds is 6. The van der Waals surface area contributed by atoms with Gasteiger partial charge >= 0.3 is 0 Å². The molecule has 3 aliphatic rings. The molecule has 6 nitrogen and oxygen atoms in total. The third-order valence-electron chi connectivity index (χ3n) is 7.08. The number of nitrogens with one attached hydrogen (secondary N) is 1. The molecular formula is C21H37IN6S. The summed E-state index contributed by atoms with van der Waals surface area (Å²) in [5.74, 6) is 2.25. The molecule has 1 aromatic heterocycles. The number of aliphatic imine (C=N–C) groups is 1. The molecule has 0 bridgehead atoms. The largest absolute Gasteiger partial charge is 0.356 e. The molecule has 0 atom stereocenters. The quantitative estimate of drug-likeness (QED) is 0.192. The number of nitrogens with zero attached hydrogens (tertiary/aromatic N) is 5. The van der Waals surface area contributed by atoms with Gasteiger partial charge in [0, 0.05) is 39.1 Å². The van der Waals surface area contributed by atoms with Crippen molar-refractivity contribution in [2.45, 2.75) is 81.8 Å². The van der Waals surface area contributed by atoms with Crippen molar-refractivity contribution in [3.05, 3.63) is 5.82 Å². The summed E-state index contributed by atoms with van der Waals surface area (Å²) in [6.07, 6.45) is 16.4. The van der Waals surface area contributed by atoms with Crippen LogP contribution in [0, 0.1) is 5.41 Å². The summed E-state index contributed by atoms with van der Waals surface area (Å²) >= 11 is 1.72. The lowest BCUT2D eigenvalue weighted by Crippen LogP contribution is -2.41. The van der Waals surface area contributed by atoms with E-state index < -0.39 is 0 Å². The zero-order chi connectivity index (χ0) is 19.4. The van der Waals surface area contributed by atoms with Gasteiger partial charge in [-0.25, -0.2) is 0 Å². The van der Waals surface area contributed by atoms with E-state index in [0.717, 1.165) is 37.0 Å². The first-order valence-corrected chi connectivity index (χ1v) is 12.4. The van der Waals surface area contributed by atoms with Crippen molar-refractivity contribution in [1.82, 2.24) is 25.0 Å². The van der Waals surface area contributed by atoms with E-state index >= 15 is 0 Å². The molecule has 2 heterocycles. The van der Waals surface area contributed by atoms with Crippen LogP contribution < -0.4 is 5.32 Å². The molecule has 1 saturated heterocycles. The van der Waals surface area contributed by atoms with Crippen LogP contribution in [0.15, 0.2) is 10.1 Å². The number of likely N-dealkylation sites (tertiary alicyclic amines) is 1. The van der Waals surface area contributed by atoms with Gasteiger partial charge in [0.1, 0.15) is 5.82 Å². The molecule has 1 aliphatic heterocycles. The monoisotopic (exact) mass is 532 g/mol. The second kappa shape index (κ2) is 10.7. The van der Waals surface area contributed by atoms with Gasteiger partial charge in [-0.05, 0) is 50.2 Å². The normalized spacial score (nSPS) is 21.9. The molecule has 0 aromatic carbocycles. The van der Waals surface area contributed by atoms with Crippen molar-refractivity contribution in [3.63, 3.8) is 0 Å². The molecule has 3 fully saturated rings. The third-order valence-corrected chi connectivity index (χ3v) is 7.73. The van der Waals surface area contributed by atoms with E-state index in [0.29, 0.717) is 11.5 Å². The van der Waals surface area contributed by atoms with Crippen molar-refractivity contribution < 1.29 is 0 Å². The molecule has 1 N–H and O–H groups in total. The Morgan fingerprint density at radius 1 is 1.17 bits per heavy atom. The molecule has 0 radical (unpaired) electrons. The maximum atomic E-state index is 4.56. The summed E-state index contributed by atoms with van der Waals surface area (Å²) in [6, 6.07) is 0.611. The fourth-order valence-corrected chi connectivity index (χ4v) is 6.15. The number of aryl methyl sites for hydroxylation is 1. The van der Waals surface area contributed by atoms with Crippen LogP contribution in [0.3, 0.4) is 0 Å². The first-order valence-electron chi connectivity index (χ1n) is 11.2. The van der Waals surface area contributed by atoms with Crippen molar-refractivity contribution in [2.24, 2.45) is 10.4 Å². The highest BCUT2D eigenvalue weighted by atomic mass is 127. The maximum absolute atomic E-state index is 4.56. The standard InChI is InChI=1S/C21H36N6S.HI/c1-22-19(26-15-13-21(16-26)11-5-6-12-21)23-14-7-10-18-24-25-20(28-2)27(18)17-8-3-4-9-17;/h17H,3-16H2,1-2H3,(H,22,23);1H. The predicted molar refractivity (Wildman–Crippen MR) is 131 cm³/mol. The lowest BCUT2D eigenvalue weighted by atomic mass is 9.86. The summed E-state index contributed by atoms with van der Waals surface area (Å²) in [4.78, 5) is 7.05. The van der Waals surface area contributed by atoms with Gasteiger partial charge in [0.25, 0.3) is 0 Å². The highest BCUT2D eigenvalue weighted by molar-refractivity contribution is 14.0. The molecule has 0 unspecified atom stereocenters. The van der Waals surface area contributed by atoms with E-state index in [1.807, 2.05) is 7.05 Å². The maximum Gasteiger partial charge on any atom is 0.193 e. The van der Waals surface area contributed by atoms with E-state index in [-0.39, 0.29) is 24.0 Å². The predicted octanol–water partition coefficient (Wildman–Crippen LogP) is 4.51. The van der Waals surface area contributed by atoms with Crippen LogP contribution in [0.1, 0.15) is 76.1 Å². The van der Waals surface area contributed by atoms with Crippen LogP contribution in [0.2, 0.25) is 0 Å². The van der Waals surface area contributed by atoms with Crippen LogP contribution in [0.4, 0.5) is 0 Å². The Kier molecular flexibility index (Phi) is 8.53. The highest BCUT2D eigenvalue weighted by Crippen LogP contribution is 2.45. The first kappa shape index (κ1) is 23.2. The van der Waals surface area contributed by atoms with Gasteiger partial charge in [-0.2, -0.15) is 0 Å². The molecule has 2 aliphatic carbocycles. The lowest BCUT2D eigenvalue weighted by molar-refractivity contribution is 0.309. The smallest absolute Gasteiger partial charge is 0.193 e. The van der Waals surface area contributed by atoms with E-state index in [4.69, 9.17) is 0 Å². The highest BCUT2D eigenvalue weighted by Gasteiger charge is 2.41. The zero-order valence-corrected chi connectivity index (χ0v) is 21.2.